The number of aromatic nitrogens is 4. The first kappa shape index (κ1) is 12.0. The largest absolute Gasteiger partial charge is 0.364 e. The highest BCUT2D eigenvalue weighted by molar-refractivity contribution is 5.46. The number of fused-ring (bicyclic) bond motifs is 1. The Bertz CT molecular complexity index is 541. The van der Waals surface area contributed by atoms with E-state index in [1.165, 1.54) is 30.5 Å². The minimum absolute atomic E-state index is 0.650. The Morgan fingerprint density at radius 3 is 2.95 bits per heavy atom. The van der Waals surface area contributed by atoms with Gasteiger partial charge in [-0.1, -0.05) is 6.42 Å². The molecule has 2 aromatic heterocycles. The van der Waals surface area contributed by atoms with Crippen LogP contribution in [0.1, 0.15) is 36.2 Å². The second-order valence-corrected chi connectivity index (χ2v) is 4.78. The molecule has 0 aliphatic heterocycles. The number of nitrogens with one attached hydrogen (secondary N) is 1. The maximum absolute atomic E-state index is 4.42. The van der Waals surface area contributed by atoms with Crippen LogP contribution in [0.5, 0.6) is 0 Å². The van der Waals surface area contributed by atoms with Crippen molar-refractivity contribution in [1.29, 1.82) is 0 Å². The van der Waals surface area contributed by atoms with Crippen LogP contribution in [0.4, 0.5) is 5.82 Å². The molecule has 98 valence electrons. The number of nitrogens with zero attached hydrogens (tertiary/aromatic N) is 4. The molecule has 0 spiro atoms. The molecule has 1 aliphatic rings. The highest BCUT2D eigenvalue weighted by atomic mass is 15.1. The lowest BCUT2D eigenvalue weighted by atomic mass is 10.1. The van der Waals surface area contributed by atoms with Gasteiger partial charge >= 0.3 is 0 Å². The zero-order valence-electron chi connectivity index (χ0n) is 10.8. The molecule has 0 saturated heterocycles. The van der Waals surface area contributed by atoms with Crippen LogP contribution in [-0.4, -0.2) is 20.2 Å². The first-order valence-corrected chi connectivity index (χ1v) is 6.76. The fourth-order valence-corrected chi connectivity index (χ4v) is 2.45. The third-order valence-corrected chi connectivity index (χ3v) is 3.44. The van der Waals surface area contributed by atoms with E-state index < -0.39 is 0 Å². The summed E-state index contributed by atoms with van der Waals surface area (Å²) in [6.07, 6.45) is 9.20. The Morgan fingerprint density at radius 2 is 2.05 bits per heavy atom. The van der Waals surface area contributed by atoms with Gasteiger partial charge in [-0.05, 0) is 37.8 Å². The van der Waals surface area contributed by atoms with Crippen molar-refractivity contribution in [2.75, 3.05) is 5.32 Å². The maximum atomic E-state index is 4.42. The third-order valence-electron chi connectivity index (χ3n) is 3.44. The van der Waals surface area contributed by atoms with Gasteiger partial charge in [0.1, 0.15) is 12.1 Å². The van der Waals surface area contributed by atoms with Crippen molar-refractivity contribution >= 4 is 5.82 Å². The van der Waals surface area contributed by atoms with Gasteiger partial charge in [-0.3, -0.25) is 0 Å². The minimum Gasteiger partial charge on any atom is -0.364 e. The van der Waals surface area contributed by atoms with Crippen LogP contribution in [0.2, 0.25) is 0 Å². The van der Waals surface area contributed by atoms with Crippen molar-refractivity contribution in [2.24, 2.45) is 0 Å². The predicted molar refractivity (Wildman–Crippen MR) is 72.6 cm³/mol. The average molecular weight is 255 g/mol. The van der Waals surface area contributed by atoms with E-state index in [1.807, 2.05) is 12.1 Å². The monoisotopic (exact) mass is 255 g/mol. The summed E-state index contributed by atoms with van der Waals surface area (Å²) in [7, 11) is 0. The molecule has 0 unspecified atom stereocenters. The first-order chi connectivity index (χ1) is 9.43. The van der Waals surface area contributed by atoms with E-state index in [4.69, 9.17) is 0 Å². The lowest BCUT2D eigenvalue weighted by Gasteiger charge is -2.11. The number of aryl methyl sites for hydroxylation is 1. The molecule has 1 aliphatic carbocycles. The number of hydrogen-bond acceptors (Lipinski definition) is 5. The summed E-state index contributed by atoms with van der Waals surface area (Å²) < 4.78 is 0. The lowest BCUT2D eigenvalue weighted by Crippen LogP contribution is -2.09. The molecule has 0 aromatic carbocycles. The Hall–Kier alpha value is -2.04. The molecule has 2 aromatic rings. The number of anilines is 1. The van der Waals surface area contributed by atoms with Crippen LogP contribution < -0.4 is 5.32 Å². The summed E-state index contributed by atoms with van der Waals surface area (Å²) in [5.74, 6) is 0.956. The SMILES string of the molecule is c1cnnc(CNc2ncnc3c2CCCCC3)c1. The summed E-state index contributed by atoms with van der Waals surface area (Å²) in [4.78, 5) is 8.79. The smallest absolute Gasteiger partial charge is 0.133 e. The third kappa shape index (κ3) is 2.86. The molecule has 0 amide bonds. The molecule has 0 fully saturated rings. The van der Waals surface area contributed by atoms with E-state index in [2.05, 4.69) is 25.5 Å². The van der Waals surface area contributed by atoms with Gasteiger partial charge in [0.2, 0.25) is 0 Å². The van der Waals surface area contributed by atoms with Crippen LogP contribution in [0.25, 0.3) is 0 Å². The molecule has 19 heavy (non-hydrogen) atoms. The average Bonchev–Trinajstić information content (AvgIpc) is 2.72. The van der Waals surface area contributed by atoms with Crippen molar-refractivity contribution in [3.63, 3.8) is 0 Å². The lowest BCUT2D eigenvalue weighted by molar-refractivity contribution is 0.708. The summed E-state index contributed by atoms with van der Waals surface area (Å²) >= 11 is 0. The Balaban J connectivity index is 1.78. The molecule has 0 saturated carbocycles. The van der Waals surface area contributed by atoms with E-state index in [1.54, 1.807) is 12.5 Å². The van der Waals surface area contributed by atoms with Gasteiger partial charge in [0.05, 0.1) is 12.2 Å². The van der Waals surface area contributed by atoms with Gasteiger partial charge in [-0.15, -0.1) is 0 Å². The van der Waals surface area contributed by atoms with Gasteiger partial charge in [-0.25, -0.2) is 9.97 Å². The molecule has 0 radical (unpaired) electrons. The summed E-state index contributed by atoms with van der Waals surface area (Å²) in [5.41, 5.74) is 3.40. The molecular formula is C14H17N5. The zero-order chi connectivity index (χ0) is 12.9. The molecule has 2 heterocycles. The van der Waals surface area contributed by atoms with Crippen molar-refractivity contribution in [1.82, 2.24) is 20.2 Å². The van der Waals surface area contributed by atoms with E-state index in [0.29, 0.717) is 6.54 Å². The Kier molecular flexibility index (Phi) is 3.63. The zero-order valence-corrected chi connectivity index (χ0v) is 10.8. The standard InChI is InChI=1S/C14H17N5/c1-2-6-12-13(7-3-1)16-10-17-14(12)15-9-11-5-4-8-18-19-11/h4-5,8,10H,1-3,6-7,9H2,(H,15,16,17). The fourth-order valence-electron chi connectivity index (χ4n) is 2.45. The van der Waals surface area contributed by atoms with Gasteiger partial charge in [-0.2, -0.15) is 10.2 Å². The summed E-state index contributed by atoms with van der Waals surface area (Å²) in [6, 6.07) is 3.85. The Morgan fingerprint density at radius 1 is 1.11 bits per heavy atom. The van der Waals surface area contributed by atoms with E-state index in [0.717, 1.165) is 24.4 Å². The Labute approximate surface area is 112 Å². The van der Waals surface area contributed by atoms with Crippen LogP contribution in [0.15, 0.2) is 24.7 Å². The molecule has 3 rings (SSSR count). The van der Waals surface area contributed by atoms with Gasteiger partial charge in [0.25, 0.3) is 0 Å². The summed E-state index contributed by atoms with van der Waals surface area (Å²) in [6.45, 7) is 0.650. The second kappa shape index (κ2) is 5.73. The molecule has 5 nitrogen and oxygen atoms in total. The van der Waals surface area contributed by atoms with Crippen molar-refractivity contribution in [3.8, 4) is 0 Å². The number of hydrogen-bond donors (Lipinski definition) is 1. The van der Waals surface area contributed by atoms with E-state index >= 15 is 0 Å². The topological polar surface area (TPSA) is 63.6 Å². The maximum Gasteiger partial charge on any atom is 0.133 e. The normalized spacial score (nSPS) is 14.5. The van der Waals surface area contributed by atoms with Crippen molar-refractivity contribution in [3.05, 3.63) is 41.6 Å². The van der Waals surface area contributed by atoms with E-state index in [-0.39, 0.29) is 0 Å². The van der Waals surface area contributed by atoms with Gasteiger partial charge in [0, 0.05) is 17.5 Å². The second-order valence-electron chi connectivity index (χ2n) is 4.78. The predicted octanol–water partition coefficient (Wildman–Crippen LogP) is 2.15. The summed E-state index contributed by atoms with van der Waals surface area (Å²) in [5, 5.41) is 11.3. The van der Waals surface area contributed by atoms with Crippen LogP contribution in [0, 0.1) is 0 Å². The molecule has 5 heteroatoms. The highest BCUT2D eigenvalue weighted by Gasteiger charge is 2.14. The van der Waals surface area contributed by atoms with Crippen molar-refractivity contribution in [2.45, 2.75) is 38.6 Å². The molecular weight excluding hydrogens is 238 g/mol. The van der Waals surface area contributed by atoms with Crippen molar-refractivity contribution < 1.29 is 0 Å². The van der Waals surface area contributed by atoms with Crippen LogP contribution >= 0.6 is 0 Å². The van der Waals surface area contributed by atoms with Gasteiger partial charge < -0.3 is 5.32 Å². The minimum atomic E-state index is 0.650. The molecule has 0 bridgehead atoms. The van der Waals surface area contributed by atoms with E-state index in [9.17, 15) is 0 Å². The highest BCUT2D eigenvalue weighted by Crippen LogP contribution is 2.23. The van der Waals surface area contributed by atoms with Crippen LogP contribution in [0.3, 0.4) is 0 Å². The quantitative estimate of drug-likeness (QED) is 0.851. The first-order valence-electron chi connectivity index (χ1n) is 6.76. The number of rotatable bonds is 3. The fraction of sp³-hybridized carbons (Fsp3) is 0.429. The van der Waals surface area contributed by atoms with Crippen LogP contribution in [-0.2, 0) is 19.4 Å². The van der Waals surface area contributed by atoms with Gasteiger partial charge in [0.15, 0.2) is 0 Å². The molecule has 1 N–H and O–H groups in total. The molecule has 0 atom stereocenters.